The average molecular weight is 307 g/mol. The predicted octanol–water partition coefficient (Wildman–Crippen LogP) is 3.87. The van der Waals surface area contributed by atoms with Crippen LogP contribution in [0.2, 0.25) is 5.02 Å². The number of hydrogen-bond acceptors (Lipinski definition) is 3. The van der Waals surface area contributed by atoms with Crippen LogP contribution in [0.3, 0.4) is 0 Å². The summed E-state index contributed by atoms with van der Waals surface area (Å²) in [4.78, 5) is 12.4. The fourth-order valence-electron chi connectivity index (χ4n) is 2.13. The van der Waals surface area contributed by atoms with Gasteiger partial charge in [0.1, 0.15) is 5.82 Å². The summed E-state index contributed by atoms with van der Waals surface area (Å²) in [6, 6.07) is 8.84. The van der Waals surface area contributed by atoms with Crippen LogP contribution in [0.5, 0.6) is 11.5 Å². The first-order valence-corrected chi connectivity index (χ1v) is 6.92. The Morgan fingerprint density at radius 1 is 1.05 bits per heavy atom. The Kier molecular flexibility index (Phi) is 3.80. The molecule has 3 rings (SSSR count). The molecule has 0 saturated heterocycles. The van der Waals surface area contributed by atoms with Crippen LogP contribution in [-0.4, -0.2) is 19.0 Å². The first-order valence-electron chi connectivity index (χ1n) is 6.54. The van der Waals surface area contributed by atoms with Crippen molar-refractivity contribution in [3.8, 4) is 11.5 Å². The number of carbonyl (C=O) groups is 1. The van der Waals surface area contributed by atoms with Gasteiger partial charge in [-0.2, -0.15) is 0 Å². The predicted molar refractivity (Wildman–Crippen MR) is 76.9 cm³/mol. The van der Waals surface area contributed by atoms with Gasteiger partial charge in [-0.3, -0.25) is 4.79 Å². The lowest BCUT2D eigenvalue weighted by Gasteiger charge is -2.09. The van der Waals surface area contributed by atoms with Gasteiger partial charge < -0.3 is 9.47 Å². The molecule has 0 radical (unpaired) electrons. The molecule has 21 heavy (non-hydrogen) atoms. The van der Waals surface area contributed by atoms with E-state index >= 15 is 0 Å². The van der Waals surface area contributed by atoms with E-state index in [0.29, 0.717) is 30.3 Å². The van der Waals surface area contributed by atoms with Gasteiger partial charge in [0, 0.05) is 17.0 Å². The van der Waals surface area contributed by atoms with E-state index in [1.54, 1.807) is 18.2 Å². The third-order valence-electron chi connectivity index (χ3n) is 3.19. The second kappa shape index (κ2) is 5.74. The zero-order chi connectivity index (χ0) is 14.8. The fraction of sp³-hybridized carbons (Fsp3) is 0.188. The summed E-state index contributed by atoms with van der Waals surface area (Å²) in [7, 11) is 0. The van der Waals surface area contributed by atoms with Crippen molar-refractivity contribution >= 4 is 17.4 Å². The van der Waals surface area contributed by atoms with Crippen LogP contribution in [0.1, 0.15) is 22.3 Å². The molecule has 0 amide bonds. The number of hydrogen-bond donors (Lipinski definition) is 0. The van der Waals surface area contributed by atoms with Gasteiger partial charge in [-0.1, -0.05) is 11.6 Å². The lowest BCUT2D eigenvalue weighted by Crippen LogP contribution is -2.05. The fourth-order valence-corrected chi connectivity index (χ4v) is 2.29. The molecule has 2 aromatic carbocycles. The van der Waals surface area contributed by atoms with Crippen LogP contribution in [0.15, 0.2) is 36.4 Å². The first kappa shape index (κ1) is 13.9. The Morgan fingerprint density at radius 2 is 1.81 bits per heavy atom. The van der Waals surface area contributed by atoms with E-state index in [2.05, 4.69) is 0 Å². The second-order valence-corrected chi connectivity index (χ2v) is 5.10. The minimum atomic E-state index is -0.639. The maximum absolute atomic E-state index is 13.8. The molecule has 0 N–H and O–H groups in total. The normalized spacial score (nSPS) is 13.6. The van der Waals surface area contributed by atoms with Gasteiger partial charge in [-0.25, -0.2) is 4.39 Å². The van der Waals surface area contributed by atoms with E-state index < -0.39 is 11.6 Å². The number of ether oxygens (including phenoxy) is 2. The van der Waals surface area contributed by atoms with E-state index in [9.17, 15) is 9.18 Å². The number of halogens is 2. The van der Waals surface area contributed by atoms with Crippen molar-refractivity contribution < 1.29 is 18.7 Å². The molecule has 0 spiro atoms. The summed E-state index contributed by atoms with van der Waals surface area (Å²) < 4.78 is 24.9. The molecule has 3 nitrogen and oxygen atoms in total. The maximum Gasteiger partial charge on any atom is 0.196 e. The van der Waals surface area contributed by atoms with Gasteiger partial charge in [0.25, 0.3) is 0 Å². The largest absolute Gasteiger partial charge is 0.490 e. The van der Waals surface area contributed by atoms with Gasteiger partial charge in [0.15, 0.2) is 17.3 Å². The highest BCUT2D eigenvalue weighted by molar-refractivity contribution is 6.30. The summed E-state index contributed by atoms with van der Waals surface area (Å²) in [6.45, 7) is 1.10. The number of benzene rings is 2. The Hall–Kier alpha value is -2.07. The Balaban J connectivity index is 1.96. The van der Waals surface area contributed by atoms with Gasteiger partial charge in [0.2, 0.25) is 0 Å². The van der Waals surface area contributed by atoms with Crippen molar-refractivity contribution in [2.24, 2.45) is 0 Å². The summed E-state index contributed by atoms with van der Waals surface area (Å²) in [5.74, 6) is 0.0489. The molecule has 5 heteroatoms. The van der Waals surface area contributed by atoms with E-state index in [4.69, 9.17) is 21.1 Å². The van der Waals surface area contributed by atoms with Gasteiger partial charge in [0.05, 0.1) is 18.8 Å². The van der Waals surface area contributed by atoms with E-state index in [-0.39, 0.29) is 10.6 Å². The molecule has 0 saturated carbocycles. The minimum Gasteiger partial charge on any atom is -0.490 e. The summed E-state index contributed by atoms with van der Waals surface area (Å²) in [5.41, 5.74) is 0.328. The third-order valence-corrected chi connectivity index (χ3v) is 3.42. The first-order chi connectivity index (χ1) is 10.1. The van der Waals surface area contributed by atoms with Crippen molar-refractivity contribution in [2.75, 3.05) is 13.2 Å². The van der Waals surface area contributed by atoms with Gasteiger partial charge in [-0.15, -0.1) is 0 Å². The van der Waals surface area contributed by atoms with Crippen LogP contribution >= 0.6 is 11.6 Å². The molecule has 0 atom stereocenters. The highest BCUT2D eigenvalue weighted by atomic mass is 35.5. The molecule has 1 heterocycles. The van der Waals surface area contributed by atoms with Crippen molar-refractivity contribution in [3.63, 3.8) is 0 Å². The minimum absolute atomic E-state index is 0.0195. The molecule has 0 aromatic heterocycles. The smallest absolute Gasteiger partial charge is 0.196 e. The van der Waals surface area contributed by atoms with Crippen LogP contribution in [0.4, 0.5) is 4.39 Å². The zero-order valence-corrected chi connectivity index (χ0v) is 11.8. The molecule has 0 bridgehead atoms. The molecule has 108 valence electrons. The number of rotatable bonds is 2. The highest BCUT2D eigenvalue weighted by Crippen LogP contribution is 2.31. The van der Waals surface area contributed by atoms with Crippen molar-refractivity contribution in [1.29, 1.82) is 0 Å². The molecule has 0 fully saturated rings. The maximum atomic E-state index is 13.8. The lowest BCUT2D eigenvalue weighted by molar-refractivity contribution is 0.103. The molecule has 0 unspecified atom stereocenters. The lowest BCUT2D eigenvalue weighted by atomic mass is 10.0. The highest BCUT2D eigenvalue weighted by Gasteiger charge is 2.18. The third kappa shape index (κ3) is 2.85. The second-order valence-electron chi connectivity index (χ2n) is 4.67. The molecule has 2 aromatic rings. The summed E-state index contributed by atoms with van der Waals surface area (Å²) in [5, 5.41) is 0.253. The summed E-state index contributed by atoms with van der Waals surface area (Å²) >= 11 is 5.69. The molecule has 1 aliphatic rings. The average Bonchev–Trinajstić information content (AvgIpc) is 2.71. The molecule has 0 aliphatic carbocycles. The zero-order valence-electron chi connectivity index (χ0n) is 11.1. The van der Waals surface area contributed by atoms with Gasteiger partial charge in [-0.05, 0) is 36.4 Å². The topological polar surface area (TPSA) is 35.5 Å². The monoisotopic (exact) mass is 306 g/mol. The Morgan fingerprint density at radius 3 is 2.57 bits per heavy atom. The van der Waals surface area contributed by atoms with Crippen LogP contribution in [-0.2, 0) is 0 Å². The van der Waals surface area contributed by atoms with Crippen LogP contribution < -0.4 is 9.47 Å². The van der Waals surface area contributed by atoms with Crippen molar-refractivity contribution in [3.05, 3.63) is 58.4 Å². The quantitative estimate of drug-likeness (QED) is 0.790. The van der Waals surface area contributed by atoms with Crippen molar-refractivity contribution in [1.82, 2.24) is 0 Å². The van der Waals surface area contributed by atoms with Gasteiger partial charge >= 0.3 is 0 Å². The van der Waals surface area contributed by atoms with E-state index in [0.717, 1.165) is 12.5 Å². The molecule has 1 aliphatic heterocycles. The number of carbonyl (C=O) groups excluding carboxylic acids is 1. The Labute approximate surface area is 126 Å². The number of fused-ring (bicyclic) bond motifs is 1. The Bertz CT molecular complexity index is 700. The molecular weight excluding hydrogens is 295 g/mol. The SMILES string of the molecule is O=C(c1ccc2c(c1)OCCCO2)c1ccc(Cl)cc1F. The molecular formula is C16H12ClFO3. The standard InChI is InChI=1S/C16H12ClFO3/c17-11-3-4-12(13(18)9-11)16(19)10-2-5-14-15(8-10)21-7-1-6-20-14/h2-5,8-9H,1,6-7H2. The summed E-state index contributed by atoms with van der Waals surface area (Å²) in [6.07, 6.45) is 0.782. The van der Waals surface area contributed by atoms with Crippen LogP contribution in [0.25, 0.3) is 0 Å². The number of ketones is 1. The van der Waals surface area contributed by atoms with E-state index in [1.807, 2.05) is 0 Å². The van der Waals surface area contributed by atoms with Crippen LogP contribution in [0, 0.1) is 5.82 Å². The van der Waals surface area contributed by atoms with E-state index in [1.165, 1.54) is 12.1 Å². The van der Waals surface area contributed by atoms with Crippen molar-refractivity contribution in [2.45, 2.75) is 6.42 Å².